The first-order chi connectivity index (χ1) is 7.33. The largest absolute Gasteiger partial charge is 0.493 e. The van der Waals surface area contributed by atoms with Crippen LogP contribution in [0, 0.1) is 0 Å². The van der Waals surface area contributed by atoms with Crippen LogP contribution < -0.4 is 9.64 Å². The minimum Gasteiger partial charge on any atom is -0.493 e. The maximum Gasteiger partial charge on any atom is 0.171 e. The quantitative estimate of drug-likeness (QED) is 0.700. The monoisotopic (exact) mass is 228 g/mol. The lowest BCUT2D eigenvalue weighted by Gasteiger charge is -2.23. The van der Waals surface area contributed by atoms with Crippen LogP contribution in [0.3, 0.4) is 0 Å². The summed E-state index contributed by atoms with van der Waals surface area (Å²) in [6.07, 6.45) is 2.84. The predicted octanol–water partition coefficient (Wildman–Crippen LogP) is 2.55. The van der Waals surface area contributed by atoms with Gasteiger partial charge < -0.3 is 9.64 Å². The molecule has 1 aromatic rings. The van der Waals surface area contributed by atoms with E-state index in [0.29, 0.717) is 5.88 Å². The molecule has 0 radical (unpaired) electrons. The van der Waals surface area contributed by atoms with E-state index in [1.807, 2.05) is 12.1 Å². The van der Waals surface area contributed by atoms with E-state index >= 15 is 0 Å². The van der Waals surface area contributed by atoms with E-state index in [-0.39, 0.29) is 0 Å². The standard InChI is InChI=1S/C11H17ClN2O/c1-3-8-14(9-6-12)11-10(15-2)5-4-7-13-11/h4-5,7H,3,6,8-9H2,1-2H3. The van der Waals surface area contributed by atoms with Crippen LogP contribution >= 0.6 is 11.6 Å². The smallest absolute Gasteiger partial charge is 0.171 e. The van der Waals surface area contributed by atoms with Crippen LogP contribution in [0.4, 0.5) is 5.82 Å². The molecule has 1 aromatic heterocycles. The second kappa shape index (κ2) is 6.51. The second-order valence-electron chi connectivity index (χ2n) is 3.21. The zero-order valence-electron chi connectivity index (χ0n) is 9.24. The van der Waals surface area contributed by atoms with Crippen molar-refractivity contribution < 1.29 is 4.74 Å². The van der Waals surface area contributed by atoms with Gasteiger partial charge in [0.05, 0.1) is 7.11 Å². The number of aromatic nitrogens is 1. The van der Waals surface area contributed by atoms with Gasteiger partial charge in [0.25, 0.3) is 0 Å². The molecule has 1 rings (SSSR count). The second-order valence-corrected chi connectivity index (χ2v) is 3.58. The summed E-state index contributed by atoms with van der Waals surface area (Å²) in [5, 5.41) is 0. The SMILES string of the molecule is CCCN(CCCl)c1ncccc1OC. The number of alkyl halides is 1. The van der Waals surface area contributed by atoms with Gasteiger partial charge in [-0.25, -0.2) is 4.98 Å². The van der Waals surface area contributed by atoms with Crippen molar-refractivity contribution in [2.45, 2.75) is 13.3 Å². The zero-order chi connectivity index (χ0) is 11.1. The number of halogens is 1. The number of pyridine rings is 1. The fourth-order valence-electron chi connectivity index (χ4n) is 1.47. The number of hydrogen-bond donors (Lipinski definition) is 0. The van der Waals surface area contributed by atoms with Crippen molar-refractivity contribution >= 4 is 17.4 Å². The van der Waals surface area contributed by atoms with Crippen molar-refractivity contribution in [3.05, 3.63) is 18.3 Å². The van der Waals surface area contributed by atoms with Crippen LogP contribution in [0.1, 0.15) is 13.3 Å². The lowest BCUT2D eigenvalue weighted by Crippen LogP contribution is -2.27. The van der Waals surface area contributed by atoms with Crippen molar-refractivity contribution in [3.63, 3.8) is 0 Å². The maximum absolute atomic E-state index is 5.77. The summed E-state index contributed by atoms with van der Waals surface area (Å²) in [6, 6.07) is 3.78. The molecule has 1 heterocycles. The molecular formula is C11H17ClN2O. The fraction of sp³-hybridized carbons (Fsp3) is 0.545. The summed E-state index contributed by atoms with van der Waals surface area (Å²) >= 11 is 5.77. The van der Waals surface area contributed by atoms with Gasteiger partial charge >= 0.3 is 0 Å². The van der Waals surface area contributed by atoms with E-state index in [2.05, 4.69) is 16.8 Å². The summed E-state index contributed by atoms with van der Waals surface area (Å²) in [5.41, 5.74) is 0. The molecule has 0 aromatic carbocycles. The highest BCUT2D eigenvalue weighted by atomic mass is 35.5. The first-order valence-corrected chi connectivity index (χ1v) is 5.66. The molecule has 0 saturated heterocycles. The summed E-state index contributed by atoms with van der Waals surface area (Å²) in [4.78, 5) is 6.47. The molecule has 0 saturated carbocycles. The van der Waals surface area contributed by atoms with E-state index in [0.717, 1.165) is 31.1 Å². The average Bonchev–Trinajstić information content (AvgIpc) is 2.29. The lowest BCUT2D eigenvalue weighted by atomic mass is 10.3. The molecule has 0 aliphatic heterocycles. The van der Waals surface area contributed by atoms with Crippen molar-refractivity contribution in [3.8, 4) is 5.75 Å². The molecular weight excluding hydrogens is 212 g/mol. The van der Waals surface area contributed by atoms with E-state index in [1.165, 1.54) is 0 Å². The molecule has 0 spiro atoms. The number of hydrogen-bond acceptors (Lipinski definition) is 3. The number of rotatable bonds is 6. The molecule has 0 bridgehead atoms. The number of ether oxygens (including phenoxy) is 1. The summed E-state index contributed by atoms with van der Waals surface area (Å²) in [6.45, 7) is 3.87. The van der Waals surface area contributed by atoms with E-state index in [4.69, 9.17) is 16.3 Å². The normalized spacial score (nSPS) is 10.1. The van der Waals surface area contributed by atoms with Gasteiger partial charge in [0.2, 0.25) is 0 Å². The Balaban J connectivity index is 2.88. The summed E-state index contributed by atoms with van der Waals surface area (Å²) < 4.78 is 5.27. The van der Waals surface area contributed by atoms with Gasteiger partial charge in [-0.3, -0.25) is 0 Å². The topological polar surface area (TPSA) is 25.4 Å². The Bertz CT molecular complexity index is 288. The Morgan fingerprint density at radius 3 is 2.87 bits per heavy atom. The minimum absolute atomic E-state index is 0.597. The highest BCUT2D eigenvalue weighted by Crippen LogP contribution is 2.24. The van der Waals surface area contributed by atoms with Crippen LogP contribution in [0.15, 0.2) is 18.3 Å². The van der Waals surface area contributed by atoms with Gasteiger partial charge in [0.1, 0.15) is 0 Å². The third kappa shape index (κ3) is 3.27. The van der Waals surface area contributed by atoms with E-state index < -0.39 is 0 Å². The van der Waals surface area contributed by atoms with Crippen LogP contribution in [0.5, 0.6) is 5.75 Å². The van der Waals surface area contributed by atoms with Crippen molar-refractivity contribution in [1.29, 1.82) is 0 Å². The first-order valence-electron chi connectivity index (χ1n) is 5.13. The van der Waals surface area contributed by atoms with Gasteiger partial charge in [-0.2, -0.15) is 0 Å². The zero-order valence-corrected chi connectivity index (χ0v) is 10.00. The number of nitrogens with zero attached hydrogens (tertiary/aromatic N) is 2. The van der Waals surface area contributed by atoms with Gasteiger partial charge in [-0.15, -0.1) is 11.6 Å². The molecule has 0 atom stereocenters. The van der Waals surface area contributed by atoms with Crippen molar-refractivity contribution in [2.24, 2.45) is 0 Å². The molecule has 0 N–H and O–H groups in total. The average molecular weight is 229 g/mol. The van der Waals surface area contributed by atoms with Crippen LogP contribution in [0.2, 0.25) is 0 Å². The van der Waals surface area contributed by atoms with E-state index in [1.54, 1.807) is 13.3 Å². The highest BCUT2D eigenvalue weighted by Gasteiger charge is 2.11. The minimum atomic E-state index is 0.597. The molecule has 15 heavy (non-hydrogen) atoms. The third-order valence-corrected chi connectivity index (χ3v) is 2.29. The molecule has 0 aliphatic rings. The third-order valence-electron chi connectivity index (χ3n) is 2.12. The fourth-order valence-corrected chi connectivity index (χ4v) is 1.68. The predicted molar refractivity (Wildman–Crippen MR) is 64.0 cm³/mol. The maximum atomic E-state index is 5.77. The van der Waals surface area contributed by atoms with Crippen molar-refractivity contribution in [2.75, 3.05) is 31.0 Å². The number of methoxy groups -OCH3 is 1. The summed E-state index contributed by atoms with van der Waals surface area (Å²) in [5.74, 6) is 2.28. The molecule has 3 nitrogen and oxygen atoms in total. The molecule has 0 amide bonds. The Kier molecular flexibility index (Phi) is 5.26. The summed E-state index contributed by atoms with van der Waals surface area (Å²) in [7, 11) is 1.66. The van der Waals surface area contributed by atoms with Gasteiger partial charge in [0.15, 0.2) is 11.6 Å². The van der Waals surface area contributed by atoms with Crippen molar-refractivity contribution in [1.82, 2.24) is 4.98 Å². The molecule has 4 heteroatoms. The Morgan fingerprint density at radius 1 is 1.47 bits per heavy atom. The number of anilines is 1. The lowest BCUT2D eigenvalue weighted by molar-refractivity contribution is 0.412. The molecule has 0 aliphatic carbocycles. The van der Waals surface area contributed by atoms with Crippen LogP contribution in [0.25, 0.3) is 0 Å². The molecule has 84 valence electrons. The Hall–Kier alpha value is -0.960. The Labute approximate surface area is 96.0 Å². The molecule has 0 fully saturated rings. The van der Waals surface area contributed by atoms with Crippen LogP contribution in [-0.4, -0.2) is 31.1 Å². The van der Waals surface area contributed by atoms with E-state index in [9.17, 15) is 0 Å². The molecule has 0 unspecified atom stereocenters. The van der Waals surface area contributed by atoms with Gasteiger partial charge in [-0.1, -0.05) is 6.92 Å². The van der Waals surface area contributed by atoms with Gasteiger partial charge in [-0.05, 0) is 18.6 Å². The van der Waals surface area contributed by atoms with Crippen LogP contribution in [-0.2, 0) is 0 Å². The highest BCUT2D eigenvalue weighted by molar-refractivity contribution is 6.18. The van der Waals surface area contributed by atoms with Gasteiger partial charge in [0, 0.05) is 25.2 Å². The Morgan fingerprint density at radius 2 is 2.27 bits per heavy atom. The first kappa shape index (κ1) is 12.1.